The Labute approximate surface area is 184 Å². The SMILES string of the molecule is C=C1N=C(N)C=CN1[C@@H]1O[C@](CCl)(CC(F)P(=O)(O)OP(=O)(O)OP(=O)(O)O)[C@@H](O)[C@H]1F. The molecule has 0 aromatic heterocycles. The Morgan fingerprint density at radius 2 is 1.94 bits per heavy atom. The van der Waals surface area contributed by atoms with Gasteiger partial charge in [-0.15, -0.1) is 11.6 Å². The molecule has 7 N–H and O–H groups in total. The van der Waals surface area contributed by atoms with Crippen molar-refractivity contribution in [3.63, 3.8) is 0 Å². The molecule has 2 rings (SSSR count). The number of halogens is 3. The molecular formula is C12H19ClF2N3O11P3. The summed E-state index contributed by atoms with van der Waals surface area (Å²) in [6, 6.07) is 0. The Balaban J connectivity index is 2.22. The number of aliphatic imine (C=N–C) groups is 1. The molecular weight excluding hydrogens is 529 g/mol. The summed E-state index contributed by atoms with van der Waals surface area (Å²) in [7, 11) is -17.4. The first-order valence-corrected chi connectivity index (χ1v) is 13.5. The molecule has 32 heavy (non-hydrogen) atoms. The summed E-state index contributed by atoms with van der Waals surface area (Å²) in [5, 5.41) is 10.3. The zero-order valence-corrected chi connectivity index (χ0v) is 19.2. The number of amidine groups is 1. The van der Waals surface area contributed by atoms with Crippen LogP contribution in [0.4, 0.5) is 8.78 Å². The Morgan fingerprint density at radius 3 is 2.44 bits per heavy atom. The molecule has 184 valence electrons. The van der Waals surface area contributed by atoms with Gasteiger partial charge < -0.3 is 40.1 Å². The van der Waals surface area contributed by atoms with E-state index >= 15 is 0 Å². The van der Waals surface area contributed by atoms with Gasteiger partial charge in [-0.3, -0.25) is 4.57 Å². The van der Waals surface area contributed by atoms with Gasteiger partial charge in [-0.25, -0.2) is 27.2 Å². The molecule has 0 spiro atoms. The second-order valence-corrected chi connectivity index (χ2v) is 11.8. The third kappa shape index (κ3) is 6.23. The predicted octanol–water partition coefficient (Wildman–Crippen LogP) is 0.774. The number of phosphoric acid groups is 2. The molecule has 0 aliphatic carbocycles. The van der Waals surface area contributed by atoms with E-state index < -0.39 is 65.6 Å². The first-order chi connectivity index (χ1) is 14.4. The Morgan fingerprint density at radius 1 is 1.34 bits per heavy atom. The van der Waals surface area contributed by atoms with Crippen molar-refractivity contribution in [1.82, 2.24) is 4.90 Å². The molecule has 2 aliphatic rings. The van der Waals surface area contributed by atoms with Gasteiger partial charge in [0.25, 0.3) is 0 Å². The zero-order chi connectivity index (χ0) is 24.7. The van der Waals surface area contributed by atoms with Gasteiger partial charge in [0.05, 0.1) is 5.88 Å². The van der Waals surface area contributed by atoms with E-state index in [9.17, 15) is 37.4 Å². The molecule has 2 aliphatic heterocycles. The summed E-state index contributed by atoms with van der Waals surface area (Å²) in [6.07, 6.45) is -5.00. The topological polar surface area (TPSA) is 222 Å². The summed E-state index contributed by atoms with van der Waals surface area (Å²) in [5.74, 6) is -4.05. The largest absolute Gasteiger partial charge is 0.488 e. The Bertz CT molecular complexity index is 964. The van der Waals surface area contributed by atoms with Crippen molar-refractivity contribution in [2.75, 3.05) is 5.88 Å². The van der Waals surface area contributed by atoms with Crippen molar-refractivity contribution >= 4 is 40.7 Å². The maximum absolute atomic E-state index is 14.8. The number of alkyl halides is 3. The van der Waals surface area contributed by atoms with Crippen molar-refractivity contribution in [3.8, 4) is 0 Å². The third-order valence-electron chi connectivity index (χ3n) is 4.23. The number of aliphatic hydroxyl groups excluding tert-OH is 1. The van der Waals surface area contributed by atoms with Gasteiger partial charge in [-0.05, 0) is 6.08 Å². The fraction of sp³-hybridized carbons (Fsp3) is 0.583. The molecule has 3 unspecified atom stereocenters. The van der Waals surface area contributed by atoms with Gasteiger partial charge >= 0.3 is 23.2 Å². The molecule has 0 amide bonds. The highest BCUT2D eigenvalue weighted by molar-refractivity contribution is 7.68. The smallest absolute Gasteiger partial charge is 0.387 e. The van der Waals surface area contributed by atoms with E-state index in [0.29, 0.717) is 0 Å². The lowest BCUT2D eigenvalue weighted by atomic mass is 9.94. The minimum absolute atomic E-state index is 0.0250. The molecule has 20 heteroatoms. The molecule has 1 saturated heterocycles. The lowest BCUT2D eigenvalue weighted by molar-refractivity contribution is -0.108. The number of hydrogen-bond donors (Lipinski definition) is 6. The molecule has 2 heterocycles. The van der Waals surface area contributed by atoms with E-state index in [0.717, 1.165) is 4.90 Å². The maximum atomic E-state index is 14.8. The number of hydrogen-bond acceptors (Lipinski definition) is 10. The minimum Gasteiger partial charge on any atom is -0.387 e. The second kappa shape index (κ2) is 9.49. The van der Waals surface area contributed by atoms with Crippen LogP contribution in [0.1, 0.15) is 6.42 Å². The van der Waals surface area contributed by atoms with Crippen LogP contribution < -0.4 is 5.73 Å². The van der Waals surface area contributed by atoms with Gasteiger partial charge in [-0.1, -0.05) is 6.58 Å². The van der Waals surface area contributed by atoms with Crippen LogP contribution in [0.2, 0.25) is 0 Å². The number of ether oxygens (including phenoxy) is 1. The van der Waals surface area contributed by atoms with Gasteiger partial charge in [0, 0.05) is 12.6 Å². The van der Waals surface area contributed by atoms with Crippen LogP contribution in [0.25, 0.3) is 0 Å². The lowest BCUT2D eigenvalue weighted by Gasteiger charge is -2.33. The normalized spacial score (nSPS) is 33.5. The quantitative estimate of drug-likeness (QED) is 0.174. The van der Waals surface area contributed by atoms with Crippen molar-refractivity contribution in [1.29, 1.82) is 0 Å². The maximum Gasteiger partial charge on any atom is 0.488 e. The van der Waals surface area contributed by atoms with Crippen molar-refractivity contribution < 1.29 is 60.5 Å². The highest BCUT2D eigenvalue weighted by Crippen LogP contribution is 2.68. The van der Waals surface area contributed by atoms with Crippen LogP contribution in [-0.2, 0) is 27.1 Å². The average Bonchev–Trinajstić information content (AvgIpc) is 2.84. The van der Waals surface area contributed by atoms with Crippen LogP contribution in [0.15, 0.2) is 29.7 Å². The summed E-state index contributed by atoms with van der Waals surface area (Å²) < 4.78 is 76.1. The molecule has 0 saturated carbocycles. The standard InChI is InChI=1S/C12H19ClF2N3O11P3/c1-6-17-8(16)2-3-18(6)11-9(15)10(19)12(5-13,27-11)4-7(14)30(20,21)28-32(25,26)29-31(22,23)24/h2-3,7,9-11,19H,1,4-5H2,(H2,16,17)(H,20,21)(H,25,26)(H2,22,23,24)/t7?,9-,10+,11-,12+/m1/s1. The fourth-order valence-corrected chi connectivity index (χ4v) is 6.76. The van der Waals surface area contributed by atoms with E-state index in [1.54, 1.807) is 0 Å². The average molecular weight is 548 g/mol. The van der Waals surface area contributed by atoms with E-state index in [1.807, 2.05) is 0 Å². The molecule has 0 aromatic rings. The van der Waals surface area contributed by atoms with Crippen LogP contribution in [0, 0.1) is 0 Å². The van der Waals surface area contributed by atoms with E-state index in [4.69, 9.17) is 31.9 Å². The van der Waals surface area contributed by atoms with Crippen molar-refractivity contribution in [2.45, 2.75) is 36.4 Å². The van der Waals surface area contributed by atoms with Crippen LogP contribution in [0.3, 0.4) is 0 Å². The Kier molecular flexibility index (Phi) is 8.16. The van der Waals surface area contributed by atoms with Gasteiger partial charge in [0.2, 0.25) is 5.91 Å². The molecule has 1 fully saturated rings. The zero-order valence-electron chi connectivity index (χ0n) is 15.7. The number of aliphatic hydroxyl groups is 1. The van der Waals surface area contributed by atoms with Gasteiger partial charge in [0.15, 0.2) is 12.4 Å². The molecule has 7 atom stereocenters. The highest BCUT2D eigenvalue weighted by atomic mass is 35.5. The summed E-state index contributed by atoms with van der Waals surface area (Å²) in [5.41, 5.74) is 3.13. The van der Waals surface area contributed by atoms with Crippen LogP contribution in [0.5, 0.6) is 0 Å². The number of nitrogens with zero attached hydrogens (tertiary/aromatic N) is 2. The monoisotopic (exact) mass is 547 g/mol. The van der Waals surface area contributed by atoms with E-state index in [1.165, 1.54) is 12.3 Å². The predicted molar refractivity (Wildman–Crippen MR) is 104 cm³/mol. The highest BCUT2D eigenvalue weighted by Gasteiger charge is 2.59. The third-order valence-corrected chi connectivity index (χ3v) is 9.01. The summed E-state index contributed by atoms with van der Waals surface area (Å²) in [6.45, 7) is 3.52. The molecule has 0 aromatic carbocycles. The first kappa shape index (κ1) is 27.5. The molecule has 14 nitrogen and oxygen atoms in total. The number of nitrogens with two attached hydrogens (primary N) is 1. The van der Waals surface area contributed by atoms with Crippen molar-refractivity contribution in [2.24, 2.45) is 10.7 Å². The Hall–Kier alpha value is -0.730. The van der Waals surface area contributed by atoms with E-state index in [-0.39, 0.29) is 11.7 Å². The lowest BCUT2D eigenvalue weighted by Crippen LogP contribution is -2.46. The molecule has 0 bridgehead atoms. The summed E-state index contributed by atoms with van der Waals surface area (Å²) in [4.78, 5) is 40.7. The van der Waals surface area contributed by atoms with E-state index in [2.05, 4.69) is 20.2 Å². The number of rotatable bonds is 9. The van der Waals surface area contributed by atoms with Crippen LogP contribution in [-0.4, -0.2) is 71.3 Å². The van der Waals surface area contributed by atoms with Gasteiger partial charge in [0.1, 0.15) is 23.4 Å². The summed E-state index contributed by atoms with van der Waals surface area (Å²) >= 11 is 5.73. The van der Waals surface area contributed by atoms with Crippen molar-refractivity contribution in [3.05, 3.63) is 24.7 Å². The first-order valence-electron chi connectivity index (χ1n) is 8.26. The van der Waals surface area contributed by atoms with Crippen LogP contribution >= 0.6 is 34.8 Å². The fourth-order valence-electron chi connectivity index (χ4n) is 2.83. The molecule has 0 radical (unpaired) electrons. The second-order valence-electron chi connectivity index (χ2n) is 6.60. The minimum atomic E-state index is -5.92. The van der Waals surface area contributed by atoms with Gasteiger partial charge in [-0.2, -0.15) is 4.31 Å².